The summed E-state index contributed by atoms with van der Waals surface area (Å²) in [6.45, 7) is 0. The fourth-order valence-electron chi connectivity index (χ4n) is 2.04. The fourth-order valence-corrected chi connectivity index (χ4v) is 2.04. The molecule has 0 spiro atoms. The highest BCUT2D eigenvalue weighted by atomic mass is 16.5. The molecule has 1 heterocycles. The summed E-state index contributed by atoms with van der Waals surface area (Å²) < 4.78 is 10.5. The molecule has 22 heavy (non-hydrogen) atoms. The molecule has 0 radical (unpaired) electrons. The van der Waals surface area contributed by atoms with Gasteiger partial charge in [0.25, 0.3) is 0 Å². The predicted octanol–water partition coefficient (Wildman–Crippen LogP) is 0.947. The number of nitrogens with two attached hydrogens (primary N) is 2. The highest BCUT2D eigenvalue weighted by molar-refractivity contribution is 5.89. The number of carbonyl (C=O) groups is 1. The lowest BCUT2D eigenvalue weighted by atomic mass is 10.0. The summed E-state index contributed by atoms with van der Waals surface area (Å²) in [5, 5.41) is 9.12. The minimum absolute atomic E-state index is 0.0685. The van der Waals surface area contributed by atoms with Gasteiger partial charge in [0.1, 0.15) is 17.3 Å². The first-order chi connectivity index (χ1) is 10.5. The second-order valence-corrected chi connectivity index (χ2v) is 4.48. The van der Waals surface area contributed by atoms with Crippen molar-refractivity contribution in [2.75, 3.05) is 25.7 Å². The van der Waals surface area contributed by atoms with Gasteiger partial charge in [0, 0.05) is 23.7 Å². The number of aromatic nitrogens is 2. The van der Waals surface area contributed by atoms with Crippen LogP contribution in [0.15, 0.2) is 18.3 Å². The molecule has 5 N–H and O–H groups in total. The zero-order chi connectivity index (χ0) is 16.3. The molecule has 0 saturated carbocycles. The Hall–Kier alpha value is -3.03. The molecule has 0 aliphatic heterocycles. The Morgan fingerprint density at radius 3 is 2.27 bits per heavy atom. The number of anilines is 2. The summed E-state index contributed by atoms with van der Waals surface area (Å²) in [5.74, 6) is 0.0276. The molecule has 0 atom stereocenters. The van der Waals surface area contributed by atoms with Crippen LogP contribution in [-0.4, -0.2) is 35.3 Å². The number of aromatic carboxylic acids is 1. The molecule has 0 saturated heterocycles. The molecule has 116 valence electrons. The van der Waals surface area contributed by atoms with E-state index in [1.807, 2.05) is 0 Å². The van der Waals surface area contributed by atoms with Gasteiger partial charge in [-0.15, -0.1) is 0 Å². The van der Waals surface area contributed by atoms with Crippen LogP contribution in [0.5, 0.6) is 11.5 Å². The largest absolute Gasteiger partial charge is 0.496 e. The number of ether oxygens (including phenoxy) is 2. The minimum Gasteiger partial charge on any atom is -0.496 e. The van der Waals surface area contributed by atoms with Gasteiger partial charge in [-0.25, -0.2) is 9.78 Å². The van der Waals surface area contributed by atoms with E-state index >= 15 is 0 Å². The van der Waals surface area contributed by atoms with Gasteiger partial charge >= 0.3 is 5.97 Å². The summed E-state index contributed by atoms with van der Waals surface area (Å²) in [6, 6.07) is 2.85. The maximum absolute atomic E-state index is 11.1. The smallest absolute Gasteiger partial charge is 0.335 e. The van der Waals surface area contributed by atoms with Crippen LogP contribution in [0.3, 0.4) is 0 Å². The van der Waals surface area contributed by atoms with Crippen molar-refractivity contribution >= 4 is 17.7 Å². The molecule has 0 amide bonds. The second-order valence-electron chi connectivity index (χ2n) is 4.48. The van der Waals surface area contributed by atoms with Crippen LogP contribution in [0.25, 0.3) is 0 Å². The highest BCUT2D eigenvalue weighted by Crippen LogP contribution is 2.33. The summed E-state index contributed by atoms with van der Waals surface area (Å²) in [4.78, 5) is 18.9. The van der Waals surface area contributed by atoms with E-state index < -0.39 is 5.97 Å². The number of carboxylic acid groups (broad SMARTS) is 1. The maximum Gasteiger partial charge on any atom is 0.335 e. The molecular weight excluding hydrogens is 288 g/mol. The number of nitrogen functional groups attached to an aromatic ring is 2. The quantitative estimate of drug-likeness (QED) is 0.743. The third-order valence-electron chi connectivity index (χ3n) is 3.14. The van der Waals surface area contributed by atoms with Crippen molar-refractivity contribution in [2.24, 2.45) is 0 Å². The van der Waals surface area contributed by atoms with E-state index in [0.717, 1.165) is 0 Å². The van der Waals surface area contributed by atoms with Crippen molar-refractivity contribution in [1.82, 2.24) is 9.97 Å². The molecule has 1 aromatic heterocycles. The van der Waals surface area contributed by atoms with E-state index in [-0.39, 0.29) is 17.3 Å². The van der Waals surface area contributed by atoms with Crippen molar-refractivity contribution in [3.63, 3.8) is 0 Å². The Morgan fingerprint density at radius 1 is 1.23 bits per heavy atom. The first kappa shape index (κ1) is 15.4. The van der Waals surface area contributed by atoms with Crippen LogP contribution in [0.2, 0.25) is 0 Å². The minimum atomic E-state index is -1.07. The third kappa shape index (κ3) is 3.00. The van der Waals surface area contributed by atoms with Gasteiger partial charge in [0.2, 0.25) is 5.95 Å². The number of hydrogen-bond donors (Lipinski definition) is 3. The average molecular weight is 304 g/mol. The number of rotatable bonds is 5. The molecule has 8 nitrogen and oxygen atoms in total. The van der Waals surface area contributed by atoms with E-state index in [0.29, 0.717) is 29.0 Å². The van der Waals surface area contributed by atoms with Crippen LogP contribution >= 0.6 is 0 Å². The zero-order valence-electron chi connectivity index (χ0n) is 12.2. The van der Waals surface area contributed by atoms with Gasteiger partial charge < -0.3 is 26.0 Å². The summed E-state index contributed by atoms with van der Waals surface area (Å²) in [7, 11) is 2.90. The number of carboxylic acids is 1. The molecule has 0 aliphatic rings. The number of methoxy groups -OCH3 is 2. The normalized spacial score (nSPS) is 10.3. The number of benzene rings is 1. The Balaban J connectivity index is 2.51. The molecule has 1 aromatic carbocycles. The van der Waals surface area contributed by atoms with Crippen LogP contribution in [0, 0.1) is 0 Å². The Kier molecular flexibility index (Phi) is 4.31. The fraction of sp³-hybridized carbons (Fsp3) is 0.214. The summed E-state index contributed by atoms with van der Waals surface area (Å²) in [5.41, 5.74) is 12.6. The molecule has 8 heteroatoms. The monoisotopic (exact) mass is 304 g/mol. The second kappa shape index (κ2) is 6.17. The summed E-state index contributed by atoms with van der Waals surface area (Å²) >= 11 is 0. The standard InChI is InChI=1S/C14H16N4O4/c1-21-10-4-7(13(19)20)5-11(22-2)9(10)3-8-6-17-14(16)18-12(8)15/h4-6H,3H2,1-2H3,(H,19,20)(H4,15,16,17,18). The number of hydrogen-bond acceptors (Lipinski definition) is 7. The SMILES string of the molecule is COc1cc(C(=O)O)cc(OC)c1Cc1cnc(N)nc1N. The van der Waals surface area contributed by atoms with Crippen molar-refractivity contribution in [3.8, 4) is 11.5 Å². The van der Waals surface area contributed by atoms with Crippen molar-refractivity contribution in [2.45, 2.75) is 6.42 Å². The first-order valence-corrected chi connectivity index (χ1v) is 6.31. The topological polar surface area (TPSA) is 134 Å². The van der Waals surface area contributed by atoms with Crippen molar-refractivity contribution in [1.29, 1.82) is 0 Å². The molecular formula is C14H16N4O4. The van der Waals surface area contributed by atoms with Gasteiger partial charge in [0.15, 0.2) is 0 Å². The maximum atomic E-state index is 11.1. The highest BCUT2D eigenvalue weighted by Gasteiger charge is 2.17. The predicted molar refractivity (Wildman–Crippen MR) is 80.2 cm³/mol. The van der Waals surface area contributed by atoms with Crippen LogP contribution in [0.4, 0.5) is 11.8 Å². The summed E-state index contributed by atoms with van der Waals surface area (Å²) in [6.07, 6.45) is 1.83. The van der Waals surface area contributed by atoms with E-state index in [1.165, 1.54) is 32.5 Å². The van der Waals surface area contributed by atoms with Crippen molar-refractivity contribution in [3.05, 3.63) is 35.0 Å². The lowest BCUT2D eigenvalue weighted by Crippen LogP contribution is -2.07. The van der Waals surface area contributed by atoms with Crippen LogP contribution in [0.1, 0.15) is 21.5 Å². The van der Waals surface area contributed by atoms with Gasteiger partial charge in [-0.1, -0.05) is 0 Å². The van der Waals surface area contributed by atoms with Crippen LogP contribution in [-0.2, 0) is 6.42 Å². The molecule has 0 bridgehead atoms. The van der Waals surface area contributed by atoms with E-state index in [9.17, 15) is 4.79 Å². The molecule has 2 rings (SSSR count). The van der Waals surface area contributed by atoms with Gasteiger partial charge in [-0.3, -0.25) is 0 Å². The molecule has 0 aliphatic carbocycles. The molecule has 2 aromatic rings. The zero-order valence-corrected chi connectivity index (χ0v) is 12.2. The average Bonchev–Trinajstić information content (AvgIpc) is 2.49. The Morgan fingerprint density at radius 2 is 1.82 bits per heavy atom. The number of nitrogens with zero attached hydrogens (tertiary/aromatic N) is 2. The Labute approximate surface area is 126 Å². The Bertz CT molecular complexity index is 693. The molecule has 0 unspecified atom stereocenters. The van der Waals surface area contributed by atoms with Gasteiger partial charge in [0.05, 0.1) is 19.8 Å². The first-order valence-electron chi connectivity index (χ1n) is 6.31. The van der Waals surface area contributed by atoms with E-state index in [4.69, 9.17) is 26.0 Å². The van der Waals surface area contributed by atoms with Crippen molar-refractivity contribution < 1.29 is 19.4 Å². The van der Waals surface area contributed by atoms with E-state index in [2.05, 4.69) is 9.97 Å². The lowest BCUT2D eigenvalue weighted by molar-refractivity contribution is 0.0696. The van der Waals surface area contributed by atoms with Crippen LogP contribution < -0.4 is 20.9 Å². The lowest BCUT2D eigenvalue weighted by Gasteiger charge is -2.15. The van der Waals surface area contributed by atoms with Gasteiger partial charge in [-0.2, -0.15) is 4.98 Å². The van der Waals surface area contributed by atoms with E-state index in [1.54, 1.807) is 0 Å². The molecule has 0 fully saturated rings. The van der Waals surface area contributed by atoms with Gasteiger partial charge in [-0.05, 0) is 12.1 Å². The third-order valence-corrected chi connectivity index (χ3v) is 3.14.